The topological polar surface area (TPSA) is 53.9 Å². The quantitative estimate of drug-likeness (QED) is 0.710. The van der Waals surface area contributed by atoms with Gasteiger partial charge in [-0.25, -0.2) is 0 Å². The Morgan fingerprint density at radius 2 is 1.69 bits per heavy atom. The second-order valence-corrected chi connectivity index (χ2v) is 5.39. The van der Waals surface area contributed by atoms with E-state index >= 15 is 0 Å². The van der Waals surface area contributed by atoms with E-state index in [9.17, 15) is 13.2 Å². The molecule has 2 aromatic carbocycles. The molecule has 0 unspecified atom stereocenters. The Morgan fingerprint density at radius 1 is 1.00 bits per heavy atom. The molecule has 1 aromatic heterocycles. The van der Waals surface area contributed by atoms with Crippen LogP contribution in [-0.2, 0) is 6.18 Å². The van der Waals surface area contributed by atoms with Crippen LogP contribution in [0.5, 0.6) is 0 Å². The van der Waals surface area contributed by atoms with Crippen molar-refractivity contribution in [3.8, 4) is 0 Å². The Balaban J connectivity index is 1.92. The number of hydrogen-bond donors (Lipinski definition) is 1. The maximum atomic E-state index is 13.1. The second-order valence-electron chi connectivity index (χ2n) is 5.39. The summed E-state index contributed by atoms with van der Waals surface area (Å²) in [4.78, 5) is 6.13. The third kappa shape index (κ3) is 3.90. The molecule has 26 heavy (non-hydrogen) atoms. The molecule has 0 aliphatic heterocycles. The third-order valence-electron chi connectivity index (χ3n) is 3.67. The number of nitrogens with zero attached hydrogens (tertiary/aromatic N) is 4. The standard InChI is InChI=1S/C18H16F3N5/c1-2-26(13-8-4-3-5-9-13)17-24-16(12-22-25-17)23-15-11-7-6-10-14(15)18(19,20)21/h3-12H,2H2,1H3,(H,23,24,25). The fraction of sp³-hybridized carbons (Fsp3) is 0.167. The van der Waals surface area contributed by atoms with Crippen LogP contribution in [0, 0.1) is 0 Å². The molecule has 5 nitrogen and oxygen atoms in total. The highest BCUT2D eigenvalue weighted by Gasteiger charge is 2.33. The van der Waals surface area contributed by atoms with Crippen LogP contribution in [0.1, 0.15) is 12.5 Å². The predicted molar refractivity (Wildman–Crippen MR) is 93.7 cm³/mol. The van der Waals surface area contributed by atoms with Crippen molar-refractivity contribution in [3.05, 3.63) is 66.4 Å². The predicted octanol–water partition coefficient (Wildman–Crippen LogP) is 4.79. The highest BCUT2D eigenvalue weighted by molar-refractivity contribution is 5.63. The van der Waals surface area contributed by atoms with E-state index in [1.807, 2.05) is 42.2 Å². The Kier molecular flexibility index (Phi) is 5.01. The van der Waals surface area contributed by atoms with E-state index in [1.54, 1.807) is 0 Å². The molecule has 134 valence electrons. The minimum Gasteiger partial charge on any atom is -0.338 e. The van der Waals surface area contributed by atoms with E-state index < -0.39 is 11.7 Å². The van der Waals surface area contributed by atoms with Crippen LogP contribution < -0.4 is 10.2 Å². The lowest BCUT2D eigenvalue weighted by molar-refractivity contribution is -0.136. The Morgan fingerprint density at radius 3 is 2.38 bits per heavy atom. The van der Waals surface area contributed by atoms with E-state index in [0.29, 0.717) is 12.5 Å². The number of aromatic nitrogens is 3. The Labute approximate surface area is 148 Å². The van der Waals surface area contributed by atoms with Gasteiger partial charge in [-0.2, -0.15) is 23.3 Å². The SMILES string of the molecule is CCN(c1ccccc1)c1nncc(Nc2ccccc2C(F)(F)F)n1. The van der Waals surface area contributed by atoms with Gasteiger partial charge in [0.25, 0.3) is 5.95 Å². The lowest BCUT2D eigenvalue weighted by atomic mass is 10.1. The molecule has 3 aromatic rings. The summed E-state index contributed by atoms with van der Waals surface area (Å²) in [5.74, 6) is 0.481. The monoisotopic (exact) mass is 359 g/mol. The fourth-order valence-corrected chi connectivity index (χ4v) is 2.49. The third-order valence-corrected chi connectivity index (χ3v) is 3.67. The molecule has 0 atom stereocenters. The molecule has 0 fully saturated rings. The lowest BCUT2D eigenvalue weighted by Crippen LogP contribution is -2.19. The number of alkyl halides is 3. The summed E-state index contributed by atoms with van der Waals surface area (Å²) in [6, 6.07) is 14.7. The molecule has 0 bridgehead atoms. The van der Waals surface area contributed by atoms with Crippen molar-refractivity contribution < 1.29 is 13.2 Å². The zero-order valence-electron chi connectivity index (χ0n) is 13.9. The summed E-state index contributed by atoms with van der Waals surface area (Å²) >= 11 is 0. The molecule has 0 saturated carbocycles. The first-order valence-corrected chi connectivity index (χ1v) is 7.94. The summed E-state index contributed by atoms with van der Waals surface area (Å²) in [6.07, 6.45) is -3.18. The van der Waals surface area contributed by atoms with E-state index in [4.69, 9.17) is 0 Å². The number of hydrogen-bond acceptors (Lipinski definition) is 5. The maximum absolute atomic E-state index is 13.1. The largest absolute Gasteiger partial charge is 0.418 e. The molecule has 0 spiro atoms. The molecule has 0 radical (unpaired) electrons. The zero-order chi connectivity index (χ0) is 18.6. The zero-order valence-corrected chi connectivity index (χ0v) is 13.9. The van der Waals surface area contributed by atoms with E-state index in [0.717, 1.165) is 11.8 Å². The highest BCUT2D eigenvalue weighted by atomic mass is 19.4. The molecule has 3 rings (SSSR count). The number of nitrogens with one attached hydrogen (secondary N) is 1. The highest BCUT2D eigenvalue weighted by Crippen LogP contribution is 2.35. The van der Waals surface area contributed by atoms with Gasteiger partial charge in [-0.15, -0.1) is 5.10 Å². The van der Waals surface area contributed by atoms with Gasteiger partial charge >= 0.3 is 6.18 Å². The summed E-state index contributed by atoms with van der Waals surface area (Å²) in [7, 11) is 0. The van der Waals surface area contributed by atoms with Crippen molar-refractivity contribution in [2.45, 2.75) is 13.1 Å². The molecule has 0 saturated heterocycles. The van der Waals surface area contributed by atoms with Crippen molar-refractivity contribution in [2.75, 3.05) is 16.8 Å². The molecule has 8 heteroatoms. The summed E-state index contributed by atoms with van der Waals surface area (Å²) in [5, 5.41) is 10.6. The second kappa shape index (κ2) is 7.38. The van der Waals surface area contributed by atoms with Crippen molar-refractivity contribution in [2.24, 2.45) is 0 Å². The van der Waals surface area contributed by atoms with Crippen LogP contribution in [0.15, 0.2) is 60.8 Å². The Bertz CT molecular complexity index is 868. The number of halogens is 3. The van der Waals surface area contributed by atoms with Crippen molar-refractivity contribution >= 4 is 23.1 Å². The molecular formula is C18H16F3N5. The van der Waals surface area contributed by atoms with Gasteiger partial charge in [-0.05, 0) is 31.2 Å². The van der Waals surface area contributed by atoms with Gasteiger partial charge in [-0.1, -0.05) is 30.3 Å². The molecule has 1 N–H and O–H groups in total. The maximum Gasteiger partial charge on any atom is 0.418 e. The van der Waals surface area contributed by atoms with Gasteiger partial charge in [0.15, 0.2) is 5.82 Å². The molecular weight excluding hydrogens is 343 g/mol. The van der Waals surface area contributed by atoms with Crippen LogP contribution >= 0.6 is 0 Å². The minimum atomic E-state index is -4.47. The average Bonchev–Trinajstić information content (AvgIpc) is 2.63. The number of anilines is 4. The smallest absolute Gasteiger partial charge is 0.338 e. The Hall–Kier alpha value is -3.16. The van der Waals surface area contributed by atoms with Crippen LogP contribution in [0.4, 0.5) is 36.3 Å². The summed E-state index contributed by atoms with van der Waals surface area (Å²) in [6.45, 7) is 2.50. The lowest BCUT2D eigenvalue weighted by Gasteiger charge is -2.21. The first-order valence-electron chi connectivity index (χ1n) is 7.94. The molecule has 1 heterocycles. The first kappa shape index (κ1) is 17.7. The molecule has 0 aliphatic rings. The van der Waals surface area contributed by atoms with Gasteiger partial charge < -0.3 is 10.2 Å². The first-order chi connectivity index (χ1) is 12.5. The van der Waals surface area contributed by atoms with Gasteiger partial charge in [0.1, 0.15) is 0 Å². The minimum absolute atomic E-state index is 0.0887. The van der Waals surface area contributed by atoms with Crippen LogP contribution in [0.3, 0.4) is 0 Å². The van der Waals surface area contributed by atoms with E-state index in [-0.39, 0.29) is 11.5 Å². The fourth-order valence-electron chi connectivity index (χ4n) is 2.49. The van der Waals surface area contributed by atoms with Crippen molar-refractivity contribution in [3.63, 3.8) is 0 Å². The molecule has 0 amide bonds. The van der Waals surface area contributed by atoms with Gasteiger partial charge in [0, 0.05) is 12.2 Å². The van der Waals surface area contributed by atoms with E-state index in [2.05, 4.69) is 20.5 Å². The number of benzene rings is 2. The van der Waals surface area contributed by atoms with E-state index in [1.165, 1.54) is 24.4 Å². The number of para-hydroxylation sites is 2. The molecule has 0 aliphatic carbocycles. The van der Waals surface area contributed by atoms with Gasteiger partial charge in [-0.3, -0.25) is 0 Å². The average molecular weight is 359 g/mol. The summed E-state index contributed by atoms with van der Waals surface area (Å²) < 4.78 is 39.4. The summed E-state index contributed by atoms with van der Waals surface area (Å²) in [5.41, 5.74) is 0.00872. The van der Waals surface area contributed by atoms with Crippen molar-refractivity contribution in [1.82, 2.24) is 15.2 Å². The van der Waals surface area contributed by atoms with Crippen molar-refractivity contribution in [1.29, 1.82) is 0 Å². The number of rotatable bonds is 5. The van der Waals surface area contributed by atoms with Crippen LogP contribution in [0.25, 0.3) is 0 Å². The normalized spacial score (nSPS) is 11.2. The van der Waals surface area contributed by atoms with Gasteiger partial charge in [0.05, 0.1) is 17.4 Å². The van der Waals surface area contributed by atoms with Gasteiger partial charge in [0.2, 0.25) is 0 Å². The van der Waals surface area contributed by atoms with Crippen LogP contribution in [0.2, 0.25) is 0 Å². The van der Waals surface area contributed by atoms with Crippen LogP contribution in [-0.4, -0.2) is 21.7 Å².